The average Bonchev–Trinajstić information content (AvgIpc) is 3.05. The van der Waals surface area contributed by atoms with Gasteiger partial charge in [-0.2, -0.15) is 5.10 Å². The van der Waals surface area contributed by atoms with Crippen LogP contribution in [0, 0.1) is 19.7 Å². The minimum Gasteiger partial charge on any atom is -0.452 e. The normalized spacial score (nSPS) is 10.9. The predicted octanol–water partition coefficient (Wildman–Crippen LogP) is 4.03. The number of aromatic nitrogens is 2. The first-order chi connectivity index (χ1) is 15.3. The molecule has 0 fully saturated rings. The Morgan fingerprint density at radius 1 is 1.09 bits per heavy atom. The summed E-state index contributed by atoms with van der Waals surface area (Å²) in [5.41, 5.74) is 3.57. The fourth-order valence-corrected chi connectivity index (χ4v) is 3.15. The Kier molecular flexibility index (Phi) is 6.94. The molecule has 1 heterocycles. The lowest BCUT2D eigenvalue weighted by Gasteiger charge is -2.08. The summed E-state index contributed by atoms with van der Waals surface area (Å²) < 4.78 is 19.8. The van der Waals surface area contributed by atoms with Crippen LogP contribution in [0.3, 0.4) is 0 Å². The quantitative estimate of drug-likeness (QED) is 0.344. The van der Waals surface area contributed by atoms with E-state index < -0.39 is 18.5 Å². The Hall–Kier alpha value is -4.07. The van der Waals surface area contributed by atoms with E-state index in [2.05, 4.69) is 10.4 Å². The fraction of sp³-hybridized carbons (Fsp3) is 0.167. The zero-order chi connectivity index (χ0) is 23.3. The van der Waals surface area contributed by atoms with Crippen molar-refractivity contribution in [2.75, 3.05) is 11.9 Å². The number of amides is 1. The number of ketones is 1. The maximum Gasteiger partial charge on any atom is 0.331 e. The van der Waals surface area contributed by atoms with Gasteiger partial charge in [0, 0.05) is 22.9 Å². The van der Waals surface area contributed by atoms with Crippen LogP contribution in [0.25, 0.3) is 11.8 Å². The van der Waals surface area contributed by atoms with Crippen LogP contribution < -0.4 is 5.32 Å². The number of benzene rings is 2. The van der Waals surface area contributed by atoms with Crippen LogP contribution in [0.15, 0.2) is 54.6 Å². The minimum absolute atomic E-state index is 0.187. The molecule has 0 unspecified atom stereocenters. The number of hydrogen-bond acceptors (Lipinski definition) is 5. The predicted molar refractivity (Wildman–Crippen MR) is 118 cm³/mol. The van der Waals surface area contributed by atoms with Gasteiger partial charge in [-0.3, -0.25) is 9.59 Å². The molecule has 0 spiro atoms. The standard InChI is InChI=1S/C24H22FN3O4/c1-15-20(16(2)28(27-15)19-10-8-18(25)9-11-19)12-13-24(31)32-14-23(30)26-22-7-5-4-6-21(22)17(3)29/h4-13H,14H2,1-3H3,(H,26,30)/b13-12+. The van der Waals surface area contributed by atoms with Crippen molar-refractivity contribution >= 4 is 29.4 Å². The van der Waals surface area contributed by atoms with Crippen LogP contribution in [0.5, 0.6) is 0 Å². The third kappa shape index (κ3) is 5.34. The topological polar surface area (TPSA) is 90.3 Å². The van der Waals surface area contributed by atoms with Gasteiger partial charge in [-0.1, -0.05) is 12.1 Å². The molecule has 3 aromatic rings. The highest BCUT2D eigenvalue weighted by atomic mass is 19.1. The first kappa shape index (κ1) is 22.6. The van der Waals surface area contributed by atoms with Crippen molar-refractivity contribution in [1.29, 1.82) is 0 Å². The summed E-state index contributed by atoms with van der Waals surface area (Å²) >= 11 is 0. The summed E-state index contributed by atoms with van der Waals surface area (Å²) in [7, 11) is 0. The molecule has 1 N–H and O–H groups in total. The van der Waals surface area contributed by atoms with Crippen LogP contribution in [-0.2, 0) is 14.3 Å². The Morgan fingerprint density at radius 2 is 1.78 bits per heavy atom. The maximum absolute atomic E-state index is 13.2. The molecule has 0 atom stereocenters. The SMILES string of the molecule is CC(=O)c1ccccc1NC(=O)COC(=O)/C=C/c1c(C)nn(-c2ccc(F)cc2)c1C. The molecular formula is C24H22FN3O4. The summed E-state index contributed by atoms with van der Waals surface area (Å²) in [4.78, 5) is 35.8. The minimum atomic E-state index is -0.701. The molecule has 0 aliphatic heterocycles. The molecule has 2 aromatic carbocycles. The van der Waals surface area contributed by atoms with E-state index >= 15 is 0 Å². The van der Waals surface area contributed by atoms with Crippen molar-refractivity contribution in [3.63, 3.8) is 0 Å². The lowest BCUT2D eigenvalue weighted by molar-refractivity contribution is -0.142. The Balaban J connectivity index is 1.62. The third-order valence-electron chi connectivity index (χ3n) is 4.73. The fourth-order valence-electron chi connectivity index (χ4n) is 3.15. The molecule has 0 bridgehead atoms. The van der Waals surface area contributed by atoms with E-state index in [1.54, 1.807) is 54.1 Å². The van der Waals surface area contributed by atoms with Crippen molar-refractivity contribution in [3.8, 4) is 5.69 Å². The van der Waals surface area contributed by atoms with E-state index in [0.29, 0.717) is 28.2 Å². The first-order valence-electron chi connectivity index (χ1n) is 9.83. The van der Waals surface area contributed by atoms with Crippen molar-refractivity contribution in [1.82, 2.24) is 9.78 Å². The smallest absolute Gasteiger partial charge is 0.331 e. The van der Waals surface area contributed by atoms with E-state index in [-0.39, 0.29) is 11.6 Å². The number of ether oxygens (including phenoxy) is 1. The van der Waals surface area contributed by atoms with Crippen molar-refractivity contribution in [2.45, 2.75) is 20.8 Å². The van der Waals surface area contributed by atoms with Gasteiger partial charge in [0.15, 0.2) is 12.4 Å². The lowest BCUT2D eigenvalue weighted by atomic mass is 10.1. The van der Waals surface area contributed by atoms with Crippen molar-refractivity contribution in [3.05, 3.63) is 82.9 Å². The summed E-state index contributed by atoms with van der Waals surface area (Å²) in [5, 5.41) is 6.99. The van der Waals surface area contributed by atoms with Gasteiger partial charge in [-0.05, 0) is 63.2 Å². The Bertz CT molecular complexity index is 1200. The molecule has 0 saturated heterocycles. The summed E-state index contributed by atoms with van der Waals surface area (Å²) in [6.07, 6.45) is 2.77. The average molecular weight is 435 g/mol. The number of anilines is 1. The number of halogens is 1. The highest BCUT2D eigenvalue weighted by Crippen LogP contribution is 2.20. The van der Waals surface area contributed by atoms with Crippen molar-refractivity contribution < 1.29 is 23.5 Å². The lowest BCUT2D eigenvalue weighted by Crippen LogP contribution is -2.21. The number of hydrogen-bond donors (Lipinski definition) is 1. The molecule has 1 amide bonds. The molecule has 164 valence electrons. The maximum atomic E-state index is 13.2. The molecular weight excluding hydrogens is 413 g/mol. The monoisotopic (exact) mass is 435 g/mol. The number of esters is 1. The van der Waals surface area contributed by atoms with Gasteiger partial charge in [-0.15, -0.1) is 0 Å². The van der Waals surface area contributed by atoms with Crippen molar-refractivity contribution in [2.24, 2.45) is 0 Å². The summed E-state index contributed by atoms with van der Waals surface area (Å²) in [6.45, 7) is 4.52. The van der Waals surface area contributed by atoms with E-state index in [4.69, 9.17) is 4.74 Å². The number of para-hydroxylation sites is 1. The molecule has 8 heteroatoms. The largest absolute Gasteiger partial charge is 0.452 e. The Morgan fingerprint density at radius 3 is 2.47 bits per heavy atom. The zero-order valence-corrected chi connectivity index (χ0v) is 17.9. The molecule has 32 heavy (non-hydrogen) atoms. The van der Waals surface area contributed by atoms with Gasteiger partial charge in [-0.25, -0.2) is 13.9 Å². The number of nitrogens with one attached hydrogen (secondary N) is 1. The van der Waals surface area contributed by atoms with E-state index in [9.17, 15) is 18.8 Å². The number of aryl methyl sites for hydroxylation is 1. The molecule has 0 aliphatic rings. The van der Waals surface area contributed by atoms with E-state index in [1.807, 2.05) is 6.92 Å². The number of rotatable bonds is 7. The van der Waals surface area contributed by atoms with Gasteiger partial charge in [0.25, 0.3) is 5.91 Å². The van der Waals surface area contributed by atoms with Crippen LogP contribution in [0.1, 0.15) is 34.2 Å². The van der Waals surface area contributed by atoms with Crippen LogP contribution >= 0.6 is 0 Å². The highest BCUT2D eigenvalue weighted by molar-refractivity contribution is 6.04. The molecule has 0 radical (unpaired) electrons. The van der Waals surface area contributed by atoms with Gasteiger partial charge >= 0.3 is 5.97 Å². The second-order valence-corrected chi connectivity index (χ2v) is 7.06. The third-order valence-corrected chi connectivity index (χ3v) is 4.73. The Labute approximate surface area is 184 Å². The summed E-state index contributed by atoms with van der Waals surface area (Å²) in [6, 6.07) is 12.5. The second kappa shape index (κ2) is 9.82. The van der Waals surface area contributed by atoms with E-state index in [1.165, 1.54) is 25.1 Å². The van der Waals surface area contributed by atoms with Crippen LogP contribution in [0.2, 0.25) is 0 Å². The molecule has 0 aliphatic carbocycles. The number of Topliss-reactive ketones (excluding diaryl/α,β-unsaturated/α-hetero) is 1. The second-order valence-electron chi connectivity index (χ2n) is 7.06. The summed E-state index contributed by atoms with van der Waals surface area (Å²) in [5.74, 6) is -1.79. The zero-order valence-electron chi connectivity index (χ0n) is 17.9. The highest BCUT2D eigenvalue weighted by Gasteiger charge is 2.13. The molecule has 0 saturated carbocycles. The van der Waals surface area contributed by atoms with E-state index in [0.717, 1.165) is 5.69 Å². The molecule has 3 rings (SSSR count). The van der Waals surface area contributed by atoms with Crippen LogP contribution in [-0.4, -0.2) is 34.0 Å². The van der Waals surface area contributed by atoms with Gasteiger partial charge in [0.2, 0.25) is 0 Å². The first-order valence-corrected chi connectivity index (χ1v) is 9.83. The number of carbonyl (C=O) groups is 3. The molecule has 1 aromatic heterocycles. The molecule has 7 nitrogen and oxygen atoms in total. The number of carbonyl (C=O) groups excluding carboxylic acids is 3. The van der Waals surface area contributed by atoms with Gasteiger partial charge in [0.05, 0.1) is 17.1 Å². The number of nitrogens with zero attached hydrogens (tertiary/aromatic N) is 2. The van der Waals surface area contributed by atoms with Crippen LogP contribution in [0.4, 0.5) is 10.1 Å². The van der Waals surface area contributed by atoms with Gasteiger partial charge in [0.1, 0.15) is 5.82 Å². The van der Waals surface area contributed by atoms with Gasteiger partial charge < -0.3 is 10.1 Å².